The van der Waals surface area contributed by atoms with Crippen LogP contribution in [0.3, 0.4) is 0 Å². The van der Waals surface area contributed by atoms with Crippen molar-refractivity contribution in [1.82, 2.24) is 0 Å². The monoisotopic (exact) mass is 207 g/mol. The van der Waals surface area contributed by atoms with E-state index in [1.165, 1.54) is 12.1 Å². The summed E-state index contributed by atoms with van der Waals surface area (Å²) in [6, 6.07) is 6.42. The van der Waals surface area contributed by atoms with E-state index in [9.17, 15) is 4.79 Å². The topological polar surface area (TPSA) is 72.5 Å². The first-order valence-corrected chi connectivity index (χ1v) is 4.50. The van der Waals surface area contributed by atoms with Gasteiger partial charge in [0, 0.05) is 12.1 Å². The molecule has 0 unspecified atom stereocenters. The number of nitrogens with two attached hydrogens (primary N) is 1. The summed E-state index contributed by atoms with van der Waals surface area (Å²) in [6.07, 6.45) is 0. The second-order valence-electron chi connectivity index (χ2n) is 2.95. The van der Waals surface area contributed by atoms with Crippen LogP contribution in [-0.4, -0.2) is 24.2 Å². The molecule has 4 nitrogen and oxygen atoms in total. The van der Waals surface area contributed by atoms with Crippen LogP contribution in [0, 0.1) is 0 Å². The average Bonchev–Trinajstić information content (AvgIpc) is 2.26. The van der Waals surface area contributed by atoms with Crippen molar-refractivity contribution >= 4 is 11.7 Å². The number of hydrogen-bond donors (Lipinski definition) is 2. The Labute approximate surface area is 88.0 Å². The van der Waals surface area contributed by atoms with Crippen molar-refractivity contribution in [2.75, 3.05) is 13.2 Å². The van der Waals surface area contributed by atoms with Crippen LogP contribution in [0.4, 0.5) is 0 Å². The van der Waals surface area contributed by atoms with Gasteiger partial charge in [-0.25, -0.2) is 4.79 Å². The SMILES string of the molecule is C=C(OCCN)c1cccc(C(=O)O)c1. The maximum Gasteiger partial charge on any atom is 0.335 e. The molecule has 0 bridgehead atoms. The van der Waals surface area contributed by atoms with E-state index in [2.05, 4.69) is 6.58 Å². The third-order valence-electron chi connectivity index (χ3n) is 1.83. The van der Waals surface area contributed by atoms with Gasteiger partial charge < -0.3 is 15.6 Å². The Morgan fingerprint density at radius 3 is 2.73 bits per heavy atom. The molecule has 15 heavy (non-hydrogen) atoms. The van der Waals surface area contributed by atoms with Crippen LogP contribution in [0.2, 0.25) is 0 Å². The second-order valence-corrected chi connectivity index (χ2v) is 2.95. The van der Waals surface area contributed by atoms with Gasteiger partial charge in [-0.3, -0.25) is 0 Å². The molecule has 0 aliphatic heterocycles. The first-order valence-electron chi connectivity index (χ1n) is 4.50. The lowest BCUT2D eigenvalue weighted by atomic mass is 10.1. The van der Waals surface area contributed by atoms with Crippen molar-refractivity contribution in [3.05, 3.63) is 42.0 Å². The van der Waals surface area contributed by atoms with E-state index in [1.807, 2.05) is 0 Å². The predicted octanol–water partition coefficient (Wildman–Crippen LogP) is 1.33. The number of carboxylic acids is 1. The molecule has 1 rings (SSSR count). The van der Waals surface area contributed by atoms with Gasteiger partial charge in [-0.1, -0.05) is 18.7 Å². The van der Waals surface area contributed by atoms with Crippen LogP contribution in [0.15, 0.2) is 30.8 Å². The molecule has 0 radical (unpaired) electrons. The summed E-state index contributed by atoms with van der Waals surface area (Å²) in [5.41, 5.74) is 6.14. The molecule has 0 fully saturated rings. The Morgan fingerprint density at radius 2 is 2.13 bits per heavy atom. The molecule has 0 spiro atoms. The minimum absolute atomic E-state index is 0.213. The van der Waals surface area contributed by atoms with E-state index in [0.29, 0.717) is 24.5 Å². The summed E-state index contributed by atoms with van der Waals surface area (Å²) in [6.45, 7) is 4.46. The largest absolute Gasteiger partial charge is 0.492 e. The van der Waals surface area contributed by atoms with Crippen molar-refractivity contribution in [3.8, 4) is 0 Å². The molecule has 0 saturated heterocycles. The van der Waals surface area contributed by atoms with Crippen molar-refractivity contribution < 1.29 is 14.6 Å². The summed E-state index contributed by atoms with van der Waals surface area (Å²) < 4.78 is 5.20. The lowest BCUT2D eigenvalue weighted by Crippen LogP contribution is -2.07. The van der Waals surface area contributed by atoms with Crippen LogP contribution in [0.1, 0.15) is 15.9 Å². The van der Waals surface area contributed by atoms with Crippen LogP contribution in [-0.2, 0) is 4.74 Å². The lowest BCUT2D eigenvalue weighted by molar-refractivity contribution is 0.0697. The molecule has 80 valence electrons. The molecular formula is C11H13NO3. The highest BCUT2D eigenvalue weighted by Gasteiger charge is 2.05. The van der Waals surface area contributed by atoms with Gasteiger partial charge in [-0.05, 0) is 12.1 Å². The maximum atomic E-state index is 10.7. The zero-order valence-corrected chi connectivity index (χ0v) is 8.27. The molecule has 0 aromatic heterocycles. The molecule has 4 heteroatoms. The summed E-state index contributed by atoms with van der Waals surface area (Å²) >= 11 is 0. The highest BCUT2D eigenvalue weighted by molar-refractivity contribution is 5.88. The smallest absolute Gasteiger partial charge is 0.335 e. The Bertz CT molecular complexity index is 374. The molecule has 0 saturated carbocycles. The molecule has 0 amide bonds. The van der Waals surface area contributed by atoms with Crippen molar-refractivity contribution in [3.63, 3.8) is 0 Å². The minimum atomic E-state index is -0.969. The fourth-order valence-electron chi connectivity index (χ4n) is 1.09. The van der Waals surface area contributed by atoms with Gasteiger partial charge in [0.15, 0.2) is 0 Å². The Balaban J connectivity index is 2.81. The summed E-state index contributed by atoms with van der Waals surface area (Å²) in [5.74, 6) is -0.535. The van der Waals surface area contributed by atoms with E-state index in [4.69, 9.17) is 15.6 Å². The number of hydrogen-bond acceptors (Lipinski definition) is 3. The summed E-state index contributed by atoms with van der Waals surface area (Å²) in [4.78, 5) is 10.7. The fourth-order valence-corrected chi connectivity index (χ4v) is 1.09. The van der Waals surface area contributed by atoms with Gasteiger partial charge in [-0.2, -0.15) is 0 Å². The maximum absolute atomic E-state index is 10.7. The predicted molar refractivity (Wildman–Crippen MR) is 57.4 cm³/mol. The van der Waals surface area contributed by atoms with Crippen LogP contribution in [0.5, 0.6) is 0 Å². The third kappa shape index (κ3) is 3.11. The van der Waals surface area contributed by atoms with Crippen molar-refractivity contribution in [2.24, 2.45) is 5.73 Å². The number of ether oxygens (including phenoxy) is 1. The number of benzene rings is 1. The number of carboxylic acid groups (broad SMARTS) is 1. The molecule has 1 aromatic rings. The highest BCUT2D eigenvalue weighted by atomic mass is 16.5. The summed E-state index contributed by atoms with van der Waals surface area (Å²) in [7, 11) is 0. The van der Waals surface area contributed by atoms with Crippen molar-refractivity contribution in [2.45, 2.75) is 0 Å². The second kappa shape index (κ2) is 5.17. The van der Waals surface area contributed by atoms with Gasteiger partial charge in [0.05, 0.1) is 5.56 Å². The number of aromatic carboxylic acids is 1. The van der Waals surface area contributed by atoms with E-state index in [0.717, 1.165) is 0 Å². The van der Waals surface area contributed by atoms with E-state index in [1.54, 1.807) is 12.1 Å². The van der Waals surface area contributed by atoms with Crippen LogP contribution in [0.25, 0.3) is 5.76 Å². The Kier molecular flexibility index (Phi) is 3.88. The van der Waals surface area contributed by atoms with Gasteiger partial charge in [0.2, 0.25) is 0 Å². The van der Waals surface area contributed by atoms with E-state index in [-0.39, 0.29) is 5.56 Å². The summed E-state index contributed by atoms with van der Waals surface area (Å²) in [5, 5.41) is 8.78. The average molecular weight is 207 g/mol. The van der Waals surface area contributed by atoms with Gasteiger partial charge in [0.25, 0.3) is 0 Å². The quantitative estimate of drug-likeness (QED) is 0.714. The van der Waals surface area contributed by atoms with E-state index < -0.39 is 5.97 Å². The Hall–Kier alpha value is -1.81. The first-order chi connectivity index (χ1) is 7.15. The highest BCUT2D eigenvalue weighted by Crippen LogP contribution is 2.15. The Morgan fingerprint density at radius 1 is 1.47 bits per heavy atom. The molecule has 0 atom stereocenters. The van der Waals surface area contributed by atoms with Gasteiger partial charge in [-0.15, -0.1) is 0 Å². The fraction of sp³-hybridized carbons (Fsp3) is 0.182. The van der Waals surface area contributed by atoms with E-state index >= 15 is 0 Å². The first kappa shape index (κ1) is 11.3. The molecule has 0 aliphatic carbocycles. The zero-order chi connectivity index (χ0) is 11.3. The standard InChI is InChI=1S/C11H13NO3/c1-8(15-6-5-12)9-3-2-4-10(7-9)11(13)14/h2-4,7H,1,5-6,12H2,(H,13,14). The molecule has 0 heterocycles. The third-order valence-corrected chi connectivity index (χ3v) is 1.83. The van der Waals surface area contributed by atoms with Crippen molar-refractivity contribution in [1.29, 1.82) is 0 Å². The minimum Gasteiger partial charge on any atom is -0.492 e. The molecule has 0 aliphatic rings. The lowest BCUT2D eigenvalue weighted by Gasteiger charge is -2.08. The van der Waals surface area contributed by atoms with Crippen LogP contribution < -0.4 is 5.73 Å². The molecule has 1 aromatic carbocycles. The molecular weight excluding hydrogens is 194 g/mol. The zero-order valence-electron chi connectivity index (χ0n) is 8.27. The number of rotatable bonds is 5. The molecule has 3 N–H and O–H groups in total. The van der Waals surface area contributed by atoms with Crippen LogP contribution >= 0.6 is 0 Å². The van der Waals surface area contributed by atoms with Gasteiger partial charge >= 0.3 is 5.97 Å². The normalized spacial score (nSPS) is 9.67. The number of carbonyl (C=O) groups is 1. The van der Waals surface area contributed by atoms with Gasteiger partial charge in [0.1, 0.15) is 12.4 Å².